The van der Waals surface area contributed by atoms with E-state index >= 15 is 0 Å². The fourth-order valence-electron chi connectivity index (χ4n) is 2.55. The third kappa shape index (κ3) is 3.24. The molecular weight excluding hydrogens is 356 g/mol. The average Bonchev–Trinajstić information content (AvgIpc) is 3.34. The molecule has 0 saturated carbocycles. The highest BCUT2D eigenvalue weighted by Gasteiger charge is 2.15. The summed E-state index contributed by atoms with van der Waals surface area (Å²) in [5.74, 6) is 0.602. The van der Waals surface area contributed by atoms with Crippen LogP contribution < -0.4 is 20.5 Å². The Kier molecular flexibility index (Phi) is 4.05. The van der Waals surface area contributed by atoms with E-state index in [0.717, 1.165) is 11.1 Å². The standard InChI is InChI=1S/C17H14N4O4S/c18-16(23)11-5-10(6-19-11)12-7-26-17(20-12)21-15(22)4-9-1-2-13-14(3-9)25-8-24-13/h1-3,5-7,19H,4,8H2,(H2,18,23)(H,20,21,22). The number of carbonyl (C=O) groups excluding carboxylic acids is 2. The van der Waals surface area contributed by atoms with Crippen molar-refractivity contribution in [3.63, 3.8) is 0 Å². The van der Waals surface area contributed by atoms with E-state index in [1.54, 1.807) is 29.8 Å². The van der Waals surface area contributed by atoms with Crippen LogP contribution in [-0.4, -0.2) is 28.6 Å². The van der Waals surface area contributed by atoms with Gasteiger partial charge in [0, 0.05) is 17.1 Å². The van der Waals surface area contributed by atoms with Gasteiger partial charge in [-0.1, -0.05) is 6.07 Å². The van der Waals surface area contributed by atoms with Crippen molar-refractivity contribution in [2.75, 3.05) is 12.1 Å². The maximum Gasteiger partial charge on any atom is 0.265 e. The second-order valence-corrected chi connectivity index (χ2v) is 6.47. The monoisotopic (exact) mass is 370 g/mol. The van der Waals surface area contributed by atoms with Gasteiger partial charge in [0.2, 0.25) is 12.7 Å². The van der Waals surface area contributed by atoms with Gasteiger partial charge in [0.1, 0.15) is 5.69 Å². The van der Waals surface area contributed by atoms with Crippen molar-refractivity contribution in [2.45, 2.75) is 6.42 Å². The van der Waals surface area contributed by atoms with Gasteiger partial charge in [-0.05, 0) is 23.8 Å². The molecule has 2 amide bonds. The Morgan fingerprint density at radius 1 is 1.27 bits per heavy atom. The van der Waals surface area contributed by atoms with Crippen LogP contribution in [0.3, 0.4) is 0 Å². The molecule has 4 rings (SSSR count). The Balaban J connectivity index is 1.42. The summed E-state index contributed by atoms with van der Waals surface area (Å²) in [6.07, 6.45) is 1.84. The summed E-state index contributed by atoms with van der Waals surface area (Å²) in [6.45, 7) is 0.198. The minimum Gasteiger partial charge on any atom is -0.454 e. The smallest absolute Gasteiger partial charge is 0.265 e. The fraction of sp³-hybridized carbons (Fsp3) is 0.118. The van der Waals surface area contributed by atoms with Gasteiger partial charge in [-0.3, -0.25) is 9.59 Å². The number of anilines is 1. The summed E-state index contributed by atoms with van der Waals surface area (Å²) in [5.41, 5.74) is 7.73. The Hall–Kier alpha value is -3.33. The van der Waals surface area contributed by atoms with Gasteiger partial charge in [0.25, 0.3) is 5.91 Å². The molecule has 0 atom stereocenters. The minimum atomic E-state index is -0.538. The van der Waals surface area contributed by atoms with Gasteiger partial charge >= 0.3 is 0 Å². The second-order valence-electron chi connectivity index (χ2n) is 5.62. The van der Waals surface area contributed by atoms with Crippen LogP contribution in [-0.2, 0) is 11.2 Å². The van der Waals surface area contributed by atoms with Crippen molar-refractivity contribution in [3.05, 3.63) is 47.1 Å². The third-order valence-corrected chi connectivity index (χ3v) is 4.55. The van der Waals surface area contributed by atoms with Crippen LogP contribution in [0.1, 0.15) is 16.1 Å². The van der Waals surface area contributed by atoms with Gasteiger partial charge in [0.05, 0.1) is 12.1 Å². The molecule has 2 aromatic heterocycles. The normalized spacial score (nSPS) is 12.2. The number of nitrogens with two attached hydrogens (primary N) is 1. The van der Waals surface area contributed by atoms with E-state index in [4.69, 9.17) is 15.2 Å². The second kappa shape index (κ2) is 6.52. The van der Waals surface area contributed by atoms with Crippen molar-refractivity contribution in [1.82, 2.24) is 9.97 Å². The van der Waals surface area contributed by atoms with E-state index < -0.39 is 5.91 Å². The highest BCUT2D eigenvalue weighted by atomic mass is 32.1. The van der Waals surface area contributed by atoms with Crippen LogP contribution in [0.15, 0.2) is 35.8 Å². The molecular formula is C17H14N4O4S. The van der Waals surface area contributed by atoms with E-state index in [1.165, 1.54) is 11.3 Å². The van der Waals surface area contributed by atoms with Gasteiger partial charge in [-0.15, -0.1) is 11.3 Å². The number of aromatic nitrogens is 2. The van der Waals surface area contributed by atoms with Crippen molar-refractivity contribution in [3.8, 4) is 22.8 Å². The third-order valence-electron chi connectivity index (χ3n) is 3.80. The predicted molar refractivity (Wildman–Crippen MR) is 95.3 cm³/mol. The summed E-state index contributed by atoms with van der Waals surface area (Å²) >= 11 is 1.30. The molecule has 1 aromatic carbocycles. The van der Waals surface area contributed by atoms with E-state index in [0.29, 0.717) is 28.0 Å². The molecule has 3 heterocycles. The van der Waals surface area contributed by atoms with Gasteiger partial charge in [-0.2, -0.15) is 0 Å². The van der Waals surface area contributed by atoms with Crippen molar-refractivity contribution in [1.29, 1.82) is 0 Å². The number of hydrogen-bond acceptors (Lipinski definition) is 6. The van der Waals surface area contributed by atoms with E-state index in [-0.39, 0.29) is 19.1 Å². The lowest BCUT2D eigenvalue weighted by molar-refractivity contribution is -0.115. The highest BCUT2D eigenvalue weighted by Crippen LogP contribution is 2.32. The minimum absolute atomic E-state index is 0.184. The predicted octanol–water partition coefficient (Wildman–Crippen LogP) is 2.15. The van der Waals surface area contributed by atoms with Gasteiger partial charge in [-0.25, -0.2) is 4.98 Å². The number of primary amides is 1. The number of rotatable bonds is 5. The molecule has 0 aliphatic carbocycles. The number of aromatic amines is 1. The summed E-state index contributed by atoms with van der Waals surface area (Å²) in [4.78, 5) is 30.5. The average molecular weight is 370 g/mol. The zero-order valence-electron chi connectivity index (χ0n) is 13.4. The SMILES string of the molecule is NC(=O)c1cc(-c2csc(NC(=O)Cc3ccc4c(c3)OCO4)n2)c[nH]1. The zero-order valence-corrected chi connectivity index (χ0v) is 14.3. The number of nitrogens with zero attached hydrogens (tertiary/aromatic N) is 1. The molecule has 0 saturated heterocycles. The number of ether oxygens (including phenoxy) is 2. The van der Waals surface area contributed by atoms with Crippen LogP contribution >= 0.6 is 11.3 Å². The lowest BCUT2D eigenvalue weighted by Gasteiger charge is -2.03. The largest absolute Gasteiger partial charge is 0.454 e. The molecule has 3 aromatic rings. The van der Waals surface area contributed by atoms with Crippen LogP contribution in [0, 0.1) is 0 Å². The lowest BCUT2D eigenvalue weighted by atomic mass is 10.1. The highest BCUT2D eigenvalue weighted by molar-refractivity contribution is 7.14. The molecule has 1 aliphatic heterocycles. The molecule has 0 radical (unpaired) electrons. The van der Waals surface area contributed by atoms with Crippen molar-refractivity contribution < 1.29 is 19.1 Å². The Labute approximate surface area is 152 Å². The van der Waals surface area contributed by atoms with Crippen LogP contribution in [0.4, 0.5) is 5.13 Å². The number of benzene rings is 1. The number of carbonyl (C=O) groups is 2. The van der Waals surface area contributed by atoms with Crippen LogP contribution in [0.5, 0.6) is 11.5 Å². The van der Waals surface area contributed by atoms with Gasteiger partial charge in [0.15, 0.2) is 16.6 Å². The summed E-state index contributed by atoms with van der Waals surface area (Å²) in [7, 11) is 0. The first-order valence-electron chi connectivity index (χ1n) is 7.71. The molecule has 9 heteroatoms. The lowest BCUT2D eigenvalue weighted by Crippen LogP contribution is -2.14. The molecule has 132 valence electrons. The number of hydrogen-bond donors (Lipinski definition) is 3. The number of thiazole rings is 1. The molecule has 4 N–H and O–H groups in total. The van der Waals surface area contributed by atoms with Crippen molar-refractivity contribution in [2.24, 2.45) is 5.73 Å². The molecule has 0 unspecified atom stereocenters. The van der Waals surface area contributed by atoms with E-state index in [9.17, 15) is 9.59 Å². The van der Waals surface area contributed by atoms with E-state index in [1.807, 2.05) is 6.07 Å². The molecule has 1 aliphatic rings. The first kappa shape index (κ1) is 16.2. The Bertz CT molecular complexity index is 994. The van der Waals surface area contributed by atoms with E-state index in [2.05, 4.69) is 15.3 Å². The zero-order chi connectivity index (χ0) is 18.1. The number of fused-ring (bicyclic) bond motifs is 1. The number of nitrogens with one attached hydrogen (secondary N) is 2. The molecule has 0 bridgehead atoms. The fourth-order valence-corrected chi connectivity index (χ4v) is 3.28. The quantitative estimate of drug-likeness (QED) is 0.636. The number of amides is 2. The topological polar surface area (TPSA) is 119 Å². The Morgan fingerprint density at radius 2 is 2.12 bits per heavy atom. The van der Waals surface area contributed by atoms with Crippen LogP contribution in [0.25, 0.3) is 11.3 Å². The maximum atomic E-state index is 12.2. The number of H-pyrrole nitrogens is 1. The molecule has 8 nitrogen and oxygen atoms in total. The first-order chi connectivity index (χ1) is 12.6. The Morgan fingerprint density at radius 3 is 2.92 bits per heavy atom. The van der Waals surface area contributed by atoms with Crippen molar-refractivity contribution >= 4 is 28.3 Å². The first-order valence-corrected chi connectivity index (χ1v) is 8.59. The van der Waals surface area contributed by atoms with Crippen LogP contribution in [0.2, 0.25) is 0 Å². The van der Waals surface area contributed by atoms with Gasteiger partial charge < -0.3 is 25.5 Å². The summed E-state index contributed by atoms with van der Waals surface area (Å²) in [6, 6.07) is 7.02. The molecule has 0 spiro atoms. The maximum absolute atomic E-state index is 12.2. The summed E-state index contributed by atoms with van der Waals surface area (Å²) in [5, 5.41) is 5.05. The summed E-state index contributed by atoms with van der Waals surface area (Å²) < 4.78 is 10.6. The molecule has 26 heavy (non-hydrogen) atoms. The molecule has 0 fully saturated rings.